The summed E-state index contributed by atoms with van der Waals surface area (Å²) in [6.45, 7) is 0. The molecular formula is C12H6F3NO. The molecule has 0 N–H and O–H groups in total. The van der Waals surface area contributed by atoms with E-state index in [-0.39, 0.29) is 11.5 Å². The van der Waals surface area contributed by atoms with E-state index in [1.807, 2.05) is 0 Å². The van der Waals surface area contributed by atoms with Crippen molar-refractivity contribution < 1.29 is 17.6 Å². The summed E-state index contributed by atoms with van der Waals surface area (Å²) in [4.78, 5) is 0. The van der Waals surface area contributed by atoms with Crippen molar-refractivity contribution in [2.45, 2.75) is 6.18 Å². The lowest BCUT2D eigenvalue weighted by Crippen LogP contribution is -2.04. The Morgan fingerprint density at radius 1 is 1.12 bits per heavy atom. The summed E-state index contributed by atoms with van der Waals surface area (Å²) in [5.41, 5.74) is -0.453. The number of nitriles is 1. The highest BCUT2D eigenvalue weighted by Gasteiger charge is 2.30. The molecule has 5 heteroatoms. The lowest BCUT2D eigenvalue weighted by Gasteiger charge is -2.07. The standard InChI is InChI=1S/C12H6F3NO/c13-12(14,15)9-3-1-2-8(6-9)11-5-4-10(7-16)17-11/h1-6H. The molecule has 2 nitrogen and oxygen atoms in total. The Balaban J connectivity index is 2.44. The van der Waals surface area contributed by atoms with E-state index >= 15 is 0 Å². The highest BCUT2D eigenvalue weighted by Crippen LogP contribution is 2.32. The van der Waals surface area contributed by atoms with Crippen LogP contribution in [0.3, 0.4) is 0 Å². The van der Waals surface area contributed by atoms with Crippen LogP contribution >= 0.6 is 0 Å². The molecular weight excluding hydrogens is 231 g/mol. The van der Waals surface area contributed by atoms with Crippen molar-refractivity contribution in [3.8, 4) is 17.4 Å². The van der Waals surface area contributed by atoms with Crippen molar-refractivity contribution >= 4 is 0 Å². The van der Waals surface area contributed by atoms with Crippen LogP contribution < -0.4 is 0 Å². The van der Waals surface area contributed by atoms with Crippen molar-refractivity contribution in [1.29, 1.82) is 5.26 Å². The van der Waals surface area contributed by atoms with Crippen molar-refractivity contribution in [3.63, 3.8) is 0 Å². The van der Waals surface area contributed by atoms with E-state index in [4.69, 9.17) is 9.68 Å². The molecule has 1 aromatic carbocycles. The van der Waals surface area contributed by atoms with Gasteiger partial charge in [-0.3, -0.25) is 0 Å². The Morgan fingerprint density at radius 2 is 1.88 bits per heavy atom. The molecule has 0 bridgehead atoms. The predicted molar refractivity (Wildman–Crippen MR) is 53.9 cm³/mol. The number of hydrogen-bond acceptors (Lipinski definition) is 2. The molecule has 86 valence electrons. The lowest BCUT2D eigenvalue weighted by molar-refractivity contribution is -0.137. The van der Waals surface area contributed by atoms with Gasteiger partial charge in [-0.2, -0.15) is 18.4 Å². The van der Waals surface area contributed by atoms with Gasteiger partial charge >= 0.3 is 6.18 Å². The Bertz CT molecular complexity index is 578. The summed E-state index contributed by atoms with van der Waals surface area (Å²) < 4.78 is 42.5. The van der Waals surface area contributed by atoms with Gasteiger partial charge in [0.1, 0.15) is 11.8 Å². The maximum atomic E-state index is 12.5. The highest BCUT2D eigenvalue weighted by atomic mass is 19.4. The Morgan fingerprint density at radius 3 is 2.47 bits per heavy atom. The van der Waals surface area contributed by atoms with Crippen LogP contribution in [0, 0.1) is 11.3 Å². The molecule has 1 aromatic heterocycles. The fourth-order valence-electron chi connectivity index (χ4n) is 1.40. The molecule has 17 heavy (non-hydrogen) atoms. The van der Waals surface area contributed by atoms with Crippen molar-refractivity contribution in [1.82, 2.24) is 0 Å². The quantitative estimate of drug-likeness (QED) is 0.755. The van der Waals surface area contributed by atoms with E-state index in [1.165, 1.54) is 24.3 Å². The third-order valence-electron chi connectivity index (χ3n) is 2.19. The fourth-order valence-corrected chi connectivity index (χ4v) is 1.40. The zero-order valence-electron chi connectivity index (χ0n) is 8.45. The van der Waals surface area contributed by atoms with Crippen molar-refractivity contribution in [2.75, 3.05) is 0 Å². The van der Waals surface area contributed by atoms with Gasteiger partial charge in [-0.05, 0) is 24.3 Å². The summed E-state index contributed by atoms with van der Waals surface area (Å²) in [6, 6.07) is 9.42. The van der Waals surface area contributed by atoms with Gasteiger partial charge in [0.25, 0.3) is 0 Å². The van der Waals surface area contributed by atoms with Gasteiger partial charge in [-0.15, -0.1) is 0 Å². The molecule has 0 aliphatic carbocycles. The number of nitrogens with zero attached hydrogens (tertiary/aromatic N) is 1. The average Bonchev–Trinajstić information content (AvgIpc) is 2.76. The van der Waals surface area contributed by atoms with Gasteiger partial charge < -0.3 is 4.42 Å². The predicted octanol–water partition coefficient (Wildman–Crippen LogP) is 3.84. The monoisotopic (exact) mass is 237 g/mol. The fraction of sp³-hybridized carbons (Fsp3) is 0.0833. The molecule has 0 amide bonds. The number of benzene rings is 1. The molecule has 0 aliphatic heterocycles. The van der Waals surface area contributed by atoms with Crippen LogP contribution in [0.5, 0.6) is 0 Å². The van der Waals surface area contributed by atoms with Gasteiger partial charge in [-0.1, -0.05) is 12.1 Å². The number of halogens is 3. The van der Waals surface area contributed by atoms with Gasteiger partial charge in [0.15, 0.2) is 0 Å². The van der Waals surface area contributed by atoms with Crippen LogP contribution in [0.25, 0.3) is 11.3 Å². The van der Waals surface area contributed by atoms with Gasteiger partial charge in [0, 0.05) is 5.56 Å². The van der Waals surface area contributed by atoms with Crippen molar-refractivity contribution in [2.24, 2.45) is 0 Å². The summed E-state index contributed by atoms with van der Waals surface area (Å²) in [6.07, 6.45) is -4.39. The maximum Gasteiger partial charge on any atom is 0.416 e. The topological polar surface area (TPSA) is 36.9 Å². The first-order valence-electron chi connectivity index (χ1n) is 4.68. The van der Waals surface area contributed by atoms with E-state index in [0.29, 0.717) is 5.56 Å². The number of alkyl halides is 3. The van der Waals surface area contributed by atoms with E-state index < -0.39 is 11.7 Å². The van der Waals surface area contributed by atoms with Gasteiger partial charge in [0.2, 0.25) is 5.76 Å². The minimum atomic E-state index is -4.39. The molecule has 0 unspecified atom stereocenters. The third kappa shape index (κ3) is 2.31. The average molecular weight is 237 g/mol. The first kappa shape index (κ1) is 11.3. The molecule has 0 spiro atoms. The zero-order chi connectivity index (χ0) is 12.5. The Labute approximate surface area is 94.9 Å². The maximum absolute atomic E-state index is 12.5. The van der Waals surface area contributed by atoms with Crippen molar-refractivity contribution in [3.05, 3.63) is 47.7 Å². The van der Waals surface area contributed by atoms with Crippen LogP contribution in [0.4, 0.5) is 13.2 Å². The summed E-state index contributed by atoms with van der Waals surface area (Å²) in [5, 5.41) is 8.56. The van der Waals surface area contributed by atoms with E-state index in [1.54, 1.807) is 6.07 Å². The van der Waals surface area contributed by atoms with Gasteiger partial charge in [0.05, 0.1) is 5.56 Å². The van der Waals surface area contributed by atoms with E-state index in [9.17, 15) is 13.2 Å². The van der Waals surface area contributed by atoms with Crippen LogP contribution in [-0.2, 0) is 6.18 Å². The summed E-state index contributed by atoms with van der Waals surface area (Å²) >= 11 is 0. The largest absolute Gasteiger partial charge is 0.446 e. The number of hydrogen-bond donors (Lipinski definition) is 0. The zero-order valence-corrected chi connectivity index (χ0v) is 8.45. The van der Waals surface area contributed by atoms with Crippen LogP contribution in [-0.4, -0.2) is 0 Å². The molecule has 0 aliphatic rings. The highest BCUT2D eigenvalue weighted by molar-refractivity contribution is 5.59. The molecule has 1 heterocycles. The normalized spacial score (nSPS) is 11.2. The molecule has 0 saturated carbocycles. The van der Waals surface area contributed by atoms with E-state index in [0.717, 1.165) is 12.1 Å². The molecule has 0 atom stereocenters. The van der Waals surface area contributed by atoms with Crippen LogP contribution in [0.1, 0.15) is 11.3 Å². The van der Waals surface area contributed by atoms with Crippen LogP contribution in [0.2, 0.25) is 0 Å². The van der Waals surface area contributed by atoms with Gasteiger partial charge in [-0.25, -0.2) is 0 Å². The summed E-state index contributed by atoms with van der Waals surface area (Å²) in [7, 11) is 0. The molecule has 2 rings (SSSR count). The SMILES string of the molecule is N#Cc1ccc(-c2cccc(C(F)(F)F)c2)o1. The van der Waals surface area contributed by atoms with Crippen LogP contribution in [0.15, 0.2) is 40.8 Å². The first-order chi connectivity index (χ1) is 8.00. The molecule has 0 radical (unpaired) electrons. The third-order valence-corrected chi connectivity index (χ3v) is 2.19. The second kappa shape index (κ2) is 3.98. The van der Waals surface area contributed by atoms with E-state index in [2.05, 4.69) is 0 Å². The minimum Gasteiger partial charge on any atom is -0.446 e. The Kier molecular flexibility index (Phi) is 2.64. The second-order valence-corrected chi connectivity index (χ2v) is 3.35. The smallest absolute Gasteiger partial charge is 0.416 e. The lowest BCUT2D eigenvalue weighted by atomic mass is 10.1. The first-order valence-corrected chi connectivity index (χ1v) is 4.68. The molecule has 0 fully saturated rings. The molecule has 2 aromatic rings. The minimum absolute atomic E-state index is 0.0670. The second-order valence-electron chi connectivity index (χ2n) is 3.35. The number of furan rings is 1. The summed E-state index contributed by atoms with van der Waals surface area (Å²) in [5.74, 6) is 0.310. The molecule has 0 saturated heterocycles. The number of rotatable bonds is 1. The Hall–Kier alpha value is -2.22.